The van der Waals surface area contributed by atoms with Gasteiger partial charge >= 0.3 is 0 Å². The molecule has 2 aromatic rings. The third kappa shape index (κ3) is 10.1. The normalized spacial score (nSPS) is 16.2. The van der Waals surface area contributed by atoms with E-state index in [9.17, 15) is 4.79 Å². The summed E-state index contributed by atoms with van der Waals surface area (Å²) in [5.74, 6) is 1.50. The van der Waals surface area contributed by atoms with Crippen LogP contribution in [-0.4, -0.2) is 90.9 Å². The van der Waals surface area contributed by atoms with E-state index >= 15 is 4.39 Å². The van der Waals surface area contributed by atoms with Crippen LogP contribution in [0.2, 0.25) is 0 Å². The van der Waals surface area contributed by atoms with Crippen molar-refractivity contribution >= 4 is 35.5 Å². The number of methoxy groups -OCH3 is 1. The van der Waals surface area contributed by atoms with Gasteiger partial charge in [0.05, 0.1) is 37.1 Å². The van der Waals surface area contributed by atoms with Gasteiger partial charge in [-0.1, -0.05) is 37.6 Å². The number of amides is 1. The molecule has 0 fully saturated rings. The summed E-state index contributed by atoms with van der Waals surface area (Å²) in [5, 5.41) is 9.33. The SMILES string of the molecule is CC=C1C=C(Oc2cc(F)c(NC(=N/C=C/CCC)c3c(C)ccc([N+]4=CCN(C(=O)/C=C/CN(C)C)CC4)c3OC)cc2C)C=CN1/N=C\C. The van der Waals surface area contributed by atoms with E-state index in [-0.39, 0.29) is 11.6 Å². The standard InChI is InChI=1S/C40H51FN7O3/c1-9-12-13-19-42-40(44-34-26-30(5)36(28-33(34)41)51-32-18-21-48(43-11-3)31(10-2)27-32)38-29(4)16-17-35(39(38)50-8)46-22-24-47(25-23-46)37(49)15-14-20-45(6)7/h10-11,13-19,21-22,26-28H,9,12,20,23-25H2,1-8H3,(H,42,44)/q+1/b15-14+,19-13+,31-10?,43-11-. The first-order chi connectivity index (χ1) is 24.6. The summed E-state index contributed by atoms with van der Waals surface area (Å²) in [6.07, 6.45) is 20.1. The van der Waals surface area contributed by atoms with Gasteiger partial charge in [0.2, 0.25) is 17.3 Å². The van der Waals surface area contributed by atoms with E-state index in [2.05, 4.69) is 21.9 Å². The van der Waals surface area contributed by atoms with Gasteiger partial charge in [-0.25, -0.2) is 14.4 Å². The van der Waals surface area contributed by atoms with Crippen molar-refractivity contribution in [1.82, 2.24) is 14.8 Å². The Kier molecular flexibility index (Phi) is 14.1. The molecule has 0 atom stereocenters. The molecule has 1 N–H and O–H groups in total. The summed E-state index contributed by atoms with van der Waals surface area (Å²) in [6, 6.07) is 7.11. The first kappa shape index (κ1) is 38.5. The van der Waals surface area contributed by atoms with Gasteiger partial charge in [0.1, 0.15) is 23.2 Å². The second-order valence-corrected chi connectivity index (χ2v) is 12.4. The van der Waals surface area contributed by atoms with Crippen LogP contribution in [-0.2, 0) is 4.79 Å². The van der Waals surface area contributed by atoms with Crippen LogP contribution in [0.3, 0.4) is 0 Å². The Morgan fingerprint density at radius 1 is 1.16 bits per heavy atom. The topological polar surface area (TPSA) is 85.0 Å². The fourth-order valence-electron chi connectivity index (χ4n) is 5.54. The number of nitrogens with zero attached hydrogens (tertiary/aromatic N) is 6. The second kappa shape index (κ2) is 18.6. The number of halogens is 1. The van der Waals surface area contributed by atoms with Gasteiger partial charge in [0.15, 0.2) is 12.8 Å². The number of anilines is 1. The molecule has 2 aliphatic heterocycles. The van der Waals surface area contributed by atoms with Crippen molar-refractivity contribution in [3.05, 3.63) is 107 Å². The Labute approximate surface area is 301 Å². The second-order valence-electron chi connectivity index (χ2n) is 12.4. The number of unbranched alkanes of at least 4 members (excludes halogenated alkanes) is 1. The number of allylic oxidation sites excluding steroid dienone is 4. The monoisotopic (exact) mass is 696 g/mol. The number of aliphatic imine (C=N–C) groups is 1. The maximum Gasteiger partial charge on any atom is 0.248 e. The Hall–Kier alpha value is -5.29. The molecule has 0 spiro atoms. The average molecular weight is 697 g/mol. The molecule has 51 heavy (non-hydrogen) atoms. The lowest BCUT2D eigenvalue weighted by atomic mass is 10.0. The fourth-order valence-corrected chi connectivity index (χ4v) is 5.54. The first-order valence-electron chi connectivity index (χ1n) is 17.3. The zero-order valence-corrected chi connectivity index (χ0v) is 31.1. The quantitative estimate of drug-likeness (QED) is 0.102. The first-order valence-corrected chi connectivity index (χ1v) is 17.3. The molecule has 11 heteroatoms. The van der Waals surface area contributed by atoms with Gasteiger partial charge in [-0.05, 0) is 71.5 Å². The zero-order chi connectivity index (χ0) is 36.9. The summed E-state index contributed by atoms with van der Waals surface area (Å²) in [7, 11) is 5.55. The fraction of sp³-hybridized carbons (Fsp3) is 0.350. The van der Waals surface area contributed by atoms with Crippen molar-refractivity contribution in [2.45, 2.75) is 47.5 Å². The van der Waals surface area contributed by atoms with Crippen molar-refractivity contribution in [3.8, 4) is 11.5 Å². The Bertz CT molecular complexity index is 1820. The van der Waals surface area contributed by atoms with Crippen LogP contribution in [0.5, 0.6) is 11.5 Å². The molecule has 0 radical (unpaired) electrons. The van der Waals surface area contributed by atoms with Gasteiger partial charge in [-0.15, -0.1) is 0 Å². The van der Waals surface area contributed by atoms with Crippen LogP contribution in [0, 0.1) is 19.7 Å². The number of hydrazone groups is 1. The van der Waals surface area contributed by atoms with Crippen molar-refractivity contribution < 1.29 is 23.2 Å². The van der Waals surface area contributed by atoms with Gasteiger partial charge < -0.3 is 24.6 Å². The van der Waals surface area contributed by atoms with E-state index in [4.69, 9.17) is 14.5 Å². The largest absolute Gasteiger partial charge is 0.490 e. The number of ether oxygens (including phenoxy) is 2. The van der Waals surface area contributed by atoms with Crippen molar-refractivity contribution in [3.63, 3.8) is 0 Å². The Morgan fingerprint density at radius 3 is 2.63 bits per heavy atom. The van der Waals surface area contributed by atoms with Crippen LogP contribution in [0.15, 0.2) is 94.7 Å². The number of likely N-dealkylation sites (N-methyl/N-ethyl adjacent to an activating group) is 1. The summed E-state index contributed by atoms with van der Waals surface area (Å²) >= 11 is 0. The maximum atomic E-state index is 15.9. The van der Waals surface area contributed by atoms with E-state index in [1.165, 1.54) is 6.07 Å². The Morgan fingerprint density at radius 2 is 1.96 bits per heavy atom. The van der Waals surface area contributed by atoms with Crippen LogP contribution >= 0.6 is 0 Å². The molecule has 4 rings (SSSR count). The predicted molar refractivity (Wildman–Crippen MR) is 206 cm³/mol. The van der Waals surface area contributed by atoms with E-state index in [0.29, 0.717) is 54.8 Å². The molecular weight excluding hydrogens is 645 g/mol. The van der Waals surface area contributed by atoms with Crippen molar-refractivity contribution in [2.75, 3.05) is 52.7 Å². The highest BCUT2D eigenvalue weighted by atomic mass is 19.1. The molecule has 0 aromatic heterocycles. The third-order valence-corrected chi connectivity index (χ3v) is 8.25. The molecule has 10 nitrogen and oxygen atoms in total. The summed E-state index contributed by atoms with van der Waals surface area (Å²) in [4.78, 5) is 21.4. The number of rotatable bonds is 13. The number of aryl methyl sites for hydroxylation is 2. The lowest BCUT2D eigenvalue weighted by molar-refractivity contribution is -0.443. The van der Waals surface area contributed by atoms with E-state index in [0.717, 1.165) is 35.4 Å². The molecule has 0 bridgehead atoms. The van der Waals surface area contributed by atoms with Gasteiger partial charge in [-0.3, -0.25) is 4.79 Å². The summed E-state index contributed by atoms with van der Waals surface area (Å²) in [6.45, 7) is 12.0. The van der Waals surface area contributed by atoms with Gasteiger partial charge in [-0.2, -0.15) is 9.68 Å². The van der Waals surface area contributed by atoms with Crippen LogP contribution in [0.25, 0.3) is 0 Å². The third-order valence-electron chi connectivity index (χ3n) is 8.25. The molecule has 1 amide bonds. The molecule has 2 heterocycles. The minimum atomic E-state index is -0.494. The van der Waals surface area contributed by atoms with Crippen LogP contribution in [0.4, 0.5) is 15.8 Å². The lowest BCUT2D eigenvalue weighted by Crippen LogP contribution is -2.41. The molecule has 0 unspecified atom stereocenters. The molecule has 270 valence electrons. The minimum absolute atomic E-state index is 0.0154. The molecule has 0 aliphatic carbocycles. The van der Waals surface area contributed by atoms with Gasteiger partial charge in [0, 0.05) is 49.4 Å². The molecule has 0 saturated carbocycles. The molecule has 0 saturated heterocycles. The smallest absolute Gasteiger partial charge is 0.248 e. The Balaban J connectivity index is 1.65. The number of benzene rings is 2. The number of nitrogens with one attached hydrogen (secondary N) is 1. The summed E-state index contributed by atoms with van der Waals surface area (Å²) < 4.78 is 30.2. The number of amidine groups is 1. The molecule has 2 aliphatic rings. The number of carbonyl (C=O) groups excluding carboxylic acids is 1. The minimum Gasteiger partial charge on any atom is -0.490 e. The molecular formula is C40H51FN7O3+. The van der Waals surface area contributed by atoms with E-state index < -0.39 is 5.82 Å². The highest BCUT2D eigenvalue weighted by Gasteiger charge is 2.28. The molecule has 2 aromatic carbocycles. The zero-order valence-electron chi connectivity index (χ0n) is 31.1. The number of carbonyl (C=O) groups is 1. The average Bonchev–Trinajstić information content (AvgIpc) is 3.12. The maximum absolute atomic E-state index is 15.9. The number of hydrogen-bond acceptors (Lipinski definition) is 7. The highest BCUT2D eigenvalue weighted by molar-refractivity contribution is 6.12. The van der Waals surface area contributed by atoms with Crippen LogP contribution in [0.1, 0.15) is 50.3 Å². The number of hydrogen-bond donors (Lipinski definition) is 1. The van der Waals surface area contributed by atoms with E-state index in [1.54, 1.807) is 49.0 Å². The van der Waals surface area contributed by atoms with Crippen molar-refractivity contribution in [1.29, 1.82) is 0 Å². The van der Waals surface area contributed by atoms with Gasteiger partial charge in [0.25, 0.3) is 0 Å². The predicted octanol–water partition coefficient (Wildman–Crippen LogP) is 7.30. The van der Waals surface area contributed by atoms with E-state index in [1.807, 2.05) is 94.2 Å². The highest BCUT2D eigenvalue weighted by Crippen LogP contribution is 2.36. The van der Waals surface area contributed by atoms with Crippen molar-refractivity contribution in [2.24, 2.45) is 10.1 Å². The lowest BCUT2D eigenvalue weighted by Gasteiger charge is -2.23. The summed E-state index contributed by atoms with van der Waals surface area (Å²) in [5.41, 5.74) is 4.27. The van der Waals surface area contributed by atoms with Crippen LogP contribution < -0.4 is 14.8 Å².